The van der Waals surface area contributed by atoms with Crippen LogP contribution in [0.3, 0.4) is 0 Å². The molecule has 1 unspecified atom stereocenters. The molecule has 1 heterocycles. The van der Waals surface area contributed by atoms with Gasteiger partial charge in [0, 0.05) is 30.9 Å². The molecule has 88 valence electrons. The minimum absolute atomic E-state index is 0.216. The van der Waals surface area contributed by atoms with Gasteiger partial charge in [0.25, 0.3) is 0 Å². The van der Waals surface area contributed by atoms with Crippen molar-refractivity contribution in [2.75, 3.05) is 13.2 Å². The van der Waals surface area contributed by atoms with Crippen LogP contribution in [0.15, 0.2) is 18.2 Å². The lowest BCUT2D eigenvalue weighted by Gasteiger charge is -2.28. The maximum absolute atomic E-state index is 13.5. The number of hydrogen-bond acceptors (Lipinski definition) is 2. The van der Waals surface area contributed by atoms with Crippen molar-refractivity contribution in [3.63, 3.8) is 0 Å². The second-order valence-electron chi connectivity index (χ2n) is 4.14. The minimum atomic E-state index is -0.569. The SMILES string of the molecule is NC(c1ccc(F)cc1F)C1CCOCC1. The Morgan fingerprint density at radius 2 is 1.94 bits per heavy atom. The molecule has 0 spiro atoms. The zero-order chi connectivity index (χ0) is 11.5. The average molecular weight is 227 g/mol. The van der Waals surface area contributed by atoms with Gasteiger partial charge in [-0.15, -0.1) is 0 Å². The molecule has 1 aliphatic rings. The second-order valence-corrected chi connectivity index (χ2v) is 4.14. The monoisotopic (exact) mass is 227 g/mol. The number of benzene rings is 1. The van der Waals surface area contributed by atoms with Gasteiger partial charge in [0.05, 0.1) is 0 Å². The van der Waals surface area contributed by atoms with E-state index in [0.29, 0.717) is 18.8 Å². The van der Waals surface area contributed by atoms with Crippen molar-refractivity contribution in [2.24, 2.45) is 11.7 Å². The highest BCUT2D eigenvalue weighted by Crippen LogP contribution is 2.29. The third-order valence-corrected chi connectivity index (χ3v) is 3.10. The highest BCUT2D eigenvalue weighted by Gasteiger charge is 2.24. The fraction of sp³-hybridized carbons (Fsp3) is 0.500. The lowest BCUT2D eigenvalue weighted by Crippen LogP contribution is -2.28. The number of rotatable bonds is 2. The van der Waals surface area contributed by atoms with E-state index < -0.39 is 11.6 Å². The summed E-state index contributed by atoms with van der Waals surface area (Å²) in [4.78, 5) is 0. The highest BCUT2D eigenvalue weighted by atomic mass is 19.1. The molecular weight excluding hydrogens is 212 g/mol. The molecule has 2 rings (SSSR count). The van der Waals surface area contributed by atoms with Crippen molar-refractivity contribution in [2.45, 2.75) is 18.9 Å². The van der Waals surface area contributed by atoms with E-state index in [9.17, 15) is 8.78 Å². The molecule has 0 radical (unpaired) electrons. The molecule has 0 saturated carbocycles. The van der Waals surface area contributed by atoms with Gasteiger partial charge in [-0.25, -0.2) is 8.78 Å². The Balaban J connectivity index is 2.15. The number of ether oxygens (including phenoxy) is 1. The van der Waals surface area contributed by atoms with Crippen molar-refractivity contribution < 1.29 is 13.5 Å². The Morgan fingerprint density at radius 1 is 1.25 bits per heavy atom. The van der Waals surface area contributed by atoms with Crippen molar-refractivity contribution in [1.82, 2.24) is 0 Å². The highest BCUT2D eigenvalue weighted by molar-refractivity contribution is 5.22. The molecule has 2 nitrogen and oxygen atoms in total. The van der Waals surface area contributed by atoms with Crippen molar-refractivity contribution in [3.05, 3.63) is 35.4 Å². The molecule has 16 heavy (non-hydrogen) atoms. The molecule has 4 heteroatoms. The first kappa shape index (κ1) is 11.5. The summed E-state index contributed by atoms with van der Waals surface area (Å²) in [6.45, 7) is 1.34. The molecule has 1 fully saturated rings. The smallest absolute Gasteiger partial charge is 0.130 e. The standard InChI is InChI=1S/C12H15F2NO/c13-9-1-2-10(11(14)7-9)12(15)8-3-5-16-6-4-8/h1-2,7-8,12H,3-6,15H2. The molecule has 1 aromatic rings. The molecular formula is C12H15F2NO. The maximum Gasteiger partial charge on any atom is 0.130 e. The third-order valence-electron chi connectivity index (χ3n) is 3.10. The molecule has 0 aliphatic carbocycles. The molecule has 1 atom stereocenters. The van der Waals surface area contributed by atoms with E-state index in [0.717, 1.165) is 18.9 Å². The lowest BCUT2D eigenvalue weighted by atomic mass is 9.87. The number of halogens is 2. The van der Waals surface area contributed by atoms with Crippen molar-refractivity contribution in [1.29, 1.82) is 0 Å². The van der Waals surface area contributed by atoms with Crippen molar-refractivity contribution >= 4 is 0 Å². The Labute approximate surface area is 93.4 Å². The summed E-state index contributed by atoms with van der Waals surface area (Å²) in [5.74, 6) is -0.909. The first-order chi connectivity index (χ1) is 7.68. The predicted molar refractivity (Wildman–Crippen MR) is 56.8 cm³/mol. The normalized spacial score (nSPS) is 19.7. The topological polar surface area (TPSA) is 35.2 Å². The molecule has 1 aromatic carbocycles. The van der Waals surface area contributed by atoms with Gasteiger partial charge in [0.1, 0.15) is 11.6 Å². The Bertz CT molecular complexity index is 364. The third kappa shape index (κ3) is 2.39. The van der Waals surface area contributed by atoms with Gasteiger partial charge in [-0.2, -0.15) is 0 Å². The van der Waals surface area contributed by atoms with Crippen LogP contribution in [-0.4, -0.2) is 13.2 Å². The van der Waals surface area contributed by atoms with Gasteiger partial charge < -0.3 is 10.5 Å². The Kier molecular flexibility index (Phi) is 3.51. The largest absolute Gasteiger partial charge is 0.381 e. The van der Waals surface area contributed by atoms with E-state index in [-0.39, 0.29) is 12.0 Å². The molecule has 1 aliphatic heterocycles. The van der Waals surface area contributed by atoms with Crippen LogP contribution in [0.1, 0.15) is 24.4 Å². The van der Waals surface area contributed by atoms with E-state index in [1.54, 1.807) is 0 Å². The van der Waals surface area contributed by atoms with Crippen LogP contribution in [0.2, 0.25) is 0 Å². The van der Waals surface area contributed by atoms with Crippen LogP contribution < -0.4 is 5.73 Å². The fourth-order valence-corrected chi connectivity index (χ4v) is 2.10. The van der Waals surface area contributed by atoms with Crippen LogP contribution >= 0.6 is 0 Å². The van der Waals surface area contributed by atoms with E-state index in [4.69, 9.17) is 10.5 Å². The van der Waals surface area contributed by atoms with Gasteiger partial charge >= 0.3 is 0 Å². The summed E-state index contributed by atoms with van der Waals surface area (Å²) in [7, 11) is 0. The summed E-state index contributed by atoms with van der Waals surface area (Å²) in [5, 5.41) is 0. The molecule has 0 amide bonds. The quantitative estimate of drug-likeness (QED) is 0.842. The van der Waals surface area contributed by atoms with E-state index in [1.165, 1.54) is 12.1 Å². The number of nitrogens with two attached hydrogens (primary N) is 1. The summed E-state index contributed by atoms with van der Waals surface area (Å²) in [6.07, 6.45) is 1.66. The van der Waals surface area contributed by atoms with Gasteiger partial charge in [0.2, 0.25) is 0 Å². The lowest BCUT2D eigenvalue weighted by molar-refractivity contribution is 0.0580. The molecule has 2 N–H and O–H groups in total. The van der Waals surface area contributed by atoms with Crippen LogP contribution in [0.4, 0.5) is 8.78 Å². The minimum Gasteiger partial charge on any atom is -0.381 e. The van der Waals surface area contributed by atoms with Gasteiger partial charge in [-0.1, -0.05) is 6.07 Å². The molecule has 0 aromatic heterocycles. The Morgan fingerprint density at radius 3 is 2.56 bits per heavy atom. The average Bonchev–Trinajstić information content (AvgIpc) is 2.29. The second kappa shape index (κ2) is 4.89. The van der Waals surface area contributed by atoms with E-state index in [2.05, 4.69) is 0 Å². The summed E-state index contributed by atoms with van der Waals surface area (Å²) < 4.78 is 31.5. The van der Waals surface area contributed by atoms with Crippen LogP contribution in [0.5, 0.6) is 0 Å². The summed E-state index contributed by atoms with van der Waals surface area (Å²) >= 11 is 0. The zero-order valence-electron chi connectivity index (χ0n) is 8.96. The molecule has 1 saturated heterocycles. The van der Waals surface area contributed by atoms with E-state index in [1.807, 2.05) is 0 Å². The summed E-state index contributed by atoms with van der Waals surface area (Å²) in [5.41, 5.74) is 6.40. The summed E-state index contributed by atoms with van der Waals surface area (Å²) in [6, 6.07) is 3.20. The van der Waals surface area contributed by atoms with Gasteiger partial charge in [0.15, 0.2) is 0 Å². The van der Waals surface area contributed by atoms with Crippen LogP contribution in [0, 0.1) is 17.6 Å². The first-order valence-corrected chi connectivity index (χ1v) is 5.47. The maximum atomic E-state index is 13.5. The first-order valence-electron chi connectivity index (χ1n) is 5.47. The van der Waals surface area contributed by atoms with Crippen LogP contribution in [-0.2, 0) is 4.74 Å². The van der Waals surface area contributed by atoms with Gasteiger partial charge in [-0.3, -0.25) is 0 Å². The predicted octanol–water partition coefficient (Wildman–Crippen LogP) is 2.39. The number of hydrogen-bond donors (Lipinski definition) is 1. The van der Waals surface area contributed by atoms with Gasteiger partial charge in [-0.05, 0) is 24.8 Å². The zero-order valence-corrected chi connectivity index (χ0v) is 8.96. The Hall–Kier alpha value is -1.00. The molecule has 0 bridgehead atoms. The van der Waals surface area contributed by atoms with Crippen molar-refractivity contribution in [3.8, 4) is 0 Å². The van der Waals surface area contributed by atoms with Crippen LogP contribution in [0.25, 0.3) is 0 Å². The fourth-order valence-electron chi connectivity index (χ4n) is 2.10. The van der Waals surface area contributed by atoms with E-state index >= 15 is 0 Å².